The molecule has 0 aliphatic carbocycles. The van der Waals surface area contributed by atoms with Gasteiger partial charge in [-0.05, 0) is 25.7 Å². The molecule has 2 rings (SSSR count). The van der Waals surface area contributed by atoms with Crippen LogP contribution < -0.4 is 5.32 Å². The van der Waals surface area contributed by atoms with E-state index in [4.69, 9.17) is 5.26 Å². The summed E-state index contributed by atoms with van der Waals surface area (Å²) in [6.45, 7) is 1.74. The number of likely N-dealkylation sites (N-methyl/N-ethyl adjacent to an activating group) is 1. The topological polar surface area (TPSA) is 39.1 Å². The molecule has 0 saturated heterocycles. The van der Waals surface area contributed by atoms with Gasteiger partial charge < -0.3 is 10.2 Å². The van der Waals surface area contributed by atoms with E-state index in [-0.39, 0.29) is 0 Å². The molecular weight excluding hydrogens is 266 g/mol. The van der Waals surface area contributed by atoms with Gasteiger partial charge in [-0.25, -0.2) is 0 Å². The molecule has 0 aliphatic heterocycles. The standard InChI is InChI=1S/C16H19N3S/c1-19(2)11-16(14-6-4-3-5-7-14)18-10-15-8-13(9-17)12-20-15/h3-8,12,16,18H,10-11H2,1-2H3. The van der Waals surface area contributed by atoms with Crippen LogP contribution in [-0.2, 0) is 6.54 Å². The third kappa shape index (κ3) is 4.17. The van der Waals surface area contributed by atoms with E-state index in [2.05, 4.69) is 54.6 Å². The Kier molecular flexibility index (Phi) is 5.31. The van der Waals surface area contributed by atoms with Gasteiger partial charge in [0.15, 0.2) is 0 Å². The molecule has 0 amide bonds. The molecule has 4 heteroatoms. The van der Waals surface area contributed by atoms with E-state index in [1.807, 2.05) is 17.5 Å². The molecule has 1 N–H and O–H groups in total. The van der Waals surface area contributed by atoms with Crippen molar-refractivity contribution in [3.05, 3.63) is 57.8 Å². The van der Waals surface area contributed by atoms with E-state index in [9.17, 15) is 0 Å². The van der Waals surface area contributed by atoms with Crippen LogP contribution in [0.1, 0.15) is 22.0 Å². The summed E-state index contributed by atoms with van der Waals surface area (Å²) in [4.78, 5) is 3.38. The Morgan fingerprint density at radius 2 is 2.05 bits per heavy atom. The fourth-order valence-electron chi connectivity index (χ4n) is 2.09. The lowest BCUT2D eigenvalue weighted by Crippen LogP contribution is -2.30. The van der Waals surface area contributed by atoms with E-state index in [1.54, 1.807) is 11.3 Å². The van der Waals surface area contributed by atoms with Crippen LogP contribution in [0.4, 0.5) is 0 Å². The summed E-state index contributed by atoms with van der Waals surface area (Å²) in [7, 11) is 4.16. The first-order chi connectivity index (χ1) is 9.69. The van der Waals surface area contributed by atoms with Gasteiger partial charge in [0.05, 0.1) is 5.56 Å². The van der Waals surface area contributed by atoms with Gasteiger partial charge in [0.2, 0.25) is 0 Å². The summed E-state index contributed by atoms with van der Waals surface area (Å²) in [5.41, 5.74) is 2.04. The number of thiophene rings is 1. The minimum absolute atomic E-state index is 0.291. The predicted molar refractivity (Wildman–Crippen MR) is 83.6 cm³/mol. The highest BCUT2D eigenvalue weighted by Crippen LogP contribution is 2.17. The lowest BCUT2D eigenvalue weighted by molar-refractivity contribution is 0.341. The molecule has 0 radical (unpaired) electrons. The Hall–Kier alpha value is -1.67. The Balaban J connectivity index is 2.03. The van der Waals surface area contributed by atoms with Crippen LogP contribution >= 0.6 is 11.3 Å². The molecule has 0 fully saturated rings. The summed E-state index contributed by atoms with van der Waals surface area (Å²) in [6, 6.07) is 14.9. The Bertz CT molecular complexity index is 569. The number of nitrogens with one attached hydrogen (secondary N) is 1. The number of rotatable bonds is 6. The second kappa shape index (κ2) is 7.20. The fraction of sp³-hybridized carbons (Fsp3) is 0.312. The van der Waals surface area contributed by atoms with E-state index >= 15 is 0 Å². The Morgan fingerprint density at radius 1 is 1.30 bits per heavy atom. The first kappa shape index (κ1) is 14.7. The van der Waals surface area contributed by atoms with Crippen molar-refractivity contribution in [1.82, 2.24) is 10.2 Å². The second-order valence-corrected chi connectivity index (χ2v) is 6.02. The van der Waals surface area contributed by atoms with Gasteiger partial charge >= 0.3 is 0 Å². The average Bonchev–Trinajstić information content (AvgIpc) is 2.92. The normalized spacial score (nSPS) is 12.3. The van der Waals surface area contributed by atoms with Gasteiger partial charge in [0.25, 0.3) is 0 Å². The van der Waals surface area contributed by atoms with Crippen molar-refractivity contribution in [2.75, 3.05) is 20.6 Å². The second-order valence-electron chi connectivity index (χ2n) is 5.02. The van der Waals surface area contributed by atoms with Crippen molar-refractivity contribution in [2.45, 2.75) is 12.6 Å². The van der Waals surface area contributed by atoms with E-state index in [1.165, 1.54) is 10.4 Å². The van der Waals surface area contributed by atoms with Crippen molar-refractivity contribution in [3.63, 3.8) is 0 Å². The summed E-state index contributed by atoms with van der Waals surface area (Å²) >= 11 is 1.63. The third-order valence-electron chi connectivity index (χ3n) is 3.06. The zero-order valence-electron chi connectivity index (χ0n) is 11.8. The van der Waals surface area contributed by atoms with E-state index < -0.39 is 0 Å². The first-order valence-electron chi connectivity index (χ1n) is 6.59. The fourth-order valence-corrected chi connectivity index (χ4v) is 2.85. The summed E-state index contributed by atoms with van der Waals surface area (Å²) in [5.74, 6) is 0. The third-order valence-corrected chi connectivity index (χ3v) is 3.99. The quantitative estimate of drug-likeness (QED) is 0.886. The zero-order chi connectivity index (χ0) is 14.4. The Labute approximate surface area is 124 Å². The molecule has 3 nitrogen and oxygen atoms in total. The number of hydrogen-bond donors (Lipinski definition) is 1. The maximum atomic E-state index is 8.85. The summed E-state index contributed by atoms with van der Waals surface area (Å²) in [5, 5.41) is 14.3. The minimum atomic E-state index is 0.291. The molecule has 1 unspecified atom stereocenters. The molecule has 0 bridgehead atoms. The minimum Gasteiger partial charge on any atom is -0.308 e. The Morgan fingerprint density at radius 3 is 2.65 bits per heavy atom. The molecular formula is C16H19N3S. The highest BCUT2D eigenvalue weighted by Gasteiger charge is 2.12. The summed E-state index contributed by atoms with van der Waals surface area (Å²) in [6.07, 6.45) is 0. The maximum Gasteiger partial charge on any atom is 0.100 e. The number of hydrogen-bond acceptors (Lipinski definition) is 4. The number of nitriles is 1. The molecule has 20 heavy (non-hydrogen) atoms. The highest BCUT2D eigenvalue weighted by molar-refractivity contribution is 7.10. The smallest absolute Gasteiger partial charge is 0.100 e. The van der Waals surface area contributed by atoms with Crippen molar-refractivity contribution in [2.24, 2.45) is 0 Å². The molecule has 2 aromatic rings. The van der Waals surface area contributed by atoms with Gasteiger partial charge in [-0.15, -0.1) is 11.3 Å². The lowest BCUT2D eigenvalue weighted by Gasteiger charge is -2.22. The molecule has 0 saturated carbocycles. The molecule has 104 valence electrons. The summed E-state index contributed by atoms with van der Waals surface area (Å²) < 4.78 is 0. The van der Waals surface area contributed by atoms with Crippen LogP contribution in [-0.4, -0.2) is 25.5 Å². The average molecular weight is 285 g/mol. The van der Waals surface area contributed by atoms with Crippen LogP contribution in [0.2, 0.25) is 0 Å². The molecule has 0 aliphatic rings. The van der Waals surface area contributed by atoms with Crippen molar-refractivity contribution in [1.29, 1.82) is 5.26 Å². The largest absolute Gasteiger partial charge is 0.308 e. The van der Waals surface area contributed by atoms with Crippen LogP contribution in [0.25, 0.3) is 0 Å². The number of benzene rings is 1. The van der Waals surface area contributed by atoms with E-state index in [0.29, 0.717) is 6.04 Å². The molecule has 1 aromatic heterocycles. The lowest BCUT2D eigenvalue weighted by atomic mass is 10.1. The van der Waals surface area contributed by atoms with Gasteiger partial charge in [0.1, 0.15) is 6.07 Å². The van der Waals surface area contributed by atoms with Crippen LogP contribution in [0, 0.1) is 11.3 Å². The van der Waals surface area contributed by atoms with Crippen molar-refractivity contribution in [3.8, 4) is 6.07 Å². The molecule has 1 heterocycles. The van der Waals surface area contributed by atoms with E-state index in [0.717, 1.165) is 18.7 Å². The molecule has 1 atom stereocenters. The van der Waals surface area contributed by atoms with Gasteiger partial charge in [-0.2, -0.15) is 5.26 Å². The van der Waals surface area contributed by atoms with Crippen molar-refractivity contribution >= 4 is 11.3 Å². The van der Waals surface area contributed by atoms with Crippen LogP contribution in [0.3, 0.4) is 0 Å². The van der Waals surface area contributed by atoms with Crippen LogP contribution in [0.5, 0.6) is 0 Å². The van der Waals surface area contributed by atoms with Crippen LogP contribution in [0.15, 0.2) is 41.8 Å². The van der Waals surface area contributed by atoms with Crippen molar-refractivity contribution < 1.29 is 0 Å². The number of nitrogens with zero attached hydrogens (tertiary/aromatic N) is 2. The highest BCUT2D eigenvalue weighted by atomic mass is 32.1. The van der Waals surface area contributed by atoms with Gasteiger partial charge in [-0.3, -0.25) is 0 Å². The first-order valence-corrected chi connectivity index (χ1v) is 7.47. The van der Waals surface area contributed by atoms with Gasteiger partial charge in [0, 0.05) is 29.4 Å². The predicted octanol–water partition coefficient (Wildman–Crippen LogP) is 3.01. The van der Waals surface area contributed by atoms with Gasteiger partial charge in [-0.1, -0.05) is 30.3 Å². The SMILES string of the molecule is CN(C)CC(NCc1cc(C#N)cs1)c1ccccc1. The maximum absolute atomic E-state index is 8.85. The molecule has 1 aromatic carbocycles. The zero-order valence-corrected chi connectivity index (χ0v) is 12.7. The monoisotopic (exact) mass is 285 g/mol. The molecule has 0 spiro atoms.